The van der Waals surface area contributed by atoms with Crippen molar-refractivity contribution in [1.82, 2.24) is 5.32 Å². The molecule has 1 aromatic heterocycles. The second-order valence-electron chi connectivity index (χ2n) is 4.97. The smallest absolute Gasteiger partial charge is 0.296 e. The van der Waals surface area contributed by atoms with Gasteiger partial charge in [-0.1, -0.05) is 24.3 Å². The number of aromatic amines is 1. The highest BCUT2D eigenvalue weighted by Crippen LogP contribution is 2.43. The first kappa shape index (κ1) is 18.6. The Labute approximate surface area is 137 Å². The predicted octanol–water partition coefficient (Wildman–Crippen LogP) is 3.16. The maximum absolute atomic E-state index is 13.4. The summed E-state index contributed by atoms with van der Waals surface area (Å²) in [5.74, 6) is -2.11. The highest BCUT2D eigenvalue weighted by atomic mass is 19.4. The van der Waals surface area contributed by atoms with E-state index < -0.39 is 29.7 Å². The summed E-state index contributed by atoms with van der Waals surface area (Å²) in [6.45, 7) is 0. The minimum atomic E-state index is -5.88. The molecule has 1 aromatic carbocycles. The van der Waals surface area contributed by atoms with Crippen LogP contribution in [0.15, 0.2) is 54.7 Å². The van der Waals surface area contributed by atoms with Gasteiger partial charge in [0.05, 0.1) is 6.20 Å². The van der Waals surface area contributed by atoms with Crippen molar-refractivity contribution in [3.05, 3.63) is 60.3 Å². The lowest BCUT2D eigenvalue weighted by Crippen LogP contribution is -2.72. The summed E-state index contributed by atoms with van der Waals surface area (Å²) in [4.78, 5) is 14.2. The van der Waals surface area contributed by atoms with Gasteiger partial charge in [0, 0.05) is 11.6 Å². The van der Waals surface area contributed by atoms with Crippen molar-refractivity contribution < 1.29 is 36.1 Å². The van der Waals surface area contributed by atoms with Gasteiger partial charge in [-0.3, -0.25) is 10.1 Å². The minimum Gasteiger partial charge on any atom is -0.296 e. The molecule has 0 saturated carbocycles. The molecule has 3 N–H and O–H groups in total. The number of carbonyl (C=O) groups excluding carboxylic acids is 1. The van der Waals surface area contributed by atoms with Crippen molar-refractivity contribution in [3.63, 3.8) is 0 Å². The fraction of sp³-hybridized carbons (Fsp3) is 0.200. The first-order valence-corrected chi connectivity index (χ1v) is 6.83. The number of hydrogen-bond acceptors (Lipinski definition) is 2. The number of carbonyl (C=O) groups is 1. The highest BCUT2D eigenvalue weighted by molar-refractivity contribution is 5.95. The molecule has 0 aliphatic rings. The molecule has 0 fully saturated rings. The topological polar surface area (TPSA) is 55.3 Å². The molecule has 0 aliphatic carbocycles. The second kappa shape index (κ2) is 6.61. The van der Waals surface area contributed by atoms with Crippen LogP contribution in [-0.4, -0.2) is 23.9 Å². The number of rotatable bonds is 4. The van der Waals surface area contributed by atoms with Crippen LogP contribution in [0, 0.1) is 0 Å². The van der Waals surface area contributed by atoms with Crippen molar-refractivity contribution in [1.29, 1.82) is 0 Å². The lowest BCUT2D eigenvalue weighted by atomic mass is 10.1. The Morgan fingerprint density at radius 3 is 1.88 bits per heavy atom. The molecule has 4 nitrogen and oxygen atoms in total. The van der Waals surface area contributed by atoms with Crippen LogP contribution in [-0.2, 0) is 0 Å². The molecule has 0 saturated heterocycles. The van der Waals surface area contributed by atoms with E-state index in [-0.39, 0.29) is 5.56 Å². The SMILES string of the molecule is O=C(NC(Nc1cccc[nH+]1)(C(F)(F)F)C(F)(F)F)c1ccccc1. The molecule has 0 bridgehead atoms. The quantitative estimate of drug-likeness (QED) is 0.647. The van der Waals surface area contributed by atoms with Gasteiger partial charge in [-0.2, -0.15) is 26.3 Å². The van der Waals surface area contributed by atoms with Gasteiger partial charge in [0.15, 0.2) is 0 Å². The molecule has 10 heteroatoms. The highest BCUT2D eigenvalue weighted by Gasteiger charge is 2.76. The molecule has 134 valence electrons. The summed E-state index contributed by atoms with van der Waals surface area (Å²) in [6, 6.07) is 9.87. The van der Waals surface area contributed by atoms with Crippen LogP contribution < -0.4 is 15.6 Å². The maximum atomic E-state index is 13.4. The standard InChI is InChI=1S/C15H11F6N3O/c16-14(17,18)13(15(19,20)21,23-11-8-4-5-9-22-11)24-12(25)10-6-2-1-3-7-10/h1-9H,(H,22,23)(H,24,25)/p+1. The maximum Gasteiger partial charge on any atom is 0.462 e. The number of alkyl halides is 6. The number of halogens is 6. The molecule has 0 spiro atoms. The number of aromatic nitrogens is 1. The summed E-state index contributed by atoms with van der Waals surface area (Å²) >= 11 is 0. The van der Waals surface area contributed by atoms with Crippen LogP contribution in [0.4, 0.5) is 32.2 Å². The van der Waals surface area contributed by atoms with Gasteiger partial charge in [0.2, 0.25) is 0 Å². The molecular formula is C15H12F6N3O+. The molecular weight excluding hydrogens is 352 g/mol. The van der Waals surface area contributed by atoms with Crippen LogP contribution >= 0.6 is 0 Å². The van der Waals surface area contributed by atoms with Gasteiger partial charge in [-0.15, -0.1) is 0 Å². The van der Waals surface area contributed by atoms with E-state index >= 15 is 0 Å². The molecule has 2 rings (SSSR count). The van der Waals surface area contributed by atoms with Crippen molar-refractivity contribution in [2.75, 3.05) is 5.32 Å². The third-order valence-corrected chi connectivity index (χ3v) is 3.22. The third-order valence-electron chi connectivity index (χ3n) is 3.22. The average molecular weight is 364 g/mol. The van der Waals surface area contributed by atoms with Crippen molar-refractivity contribution >= 4 is 11.7 Å². The number of anilines is 1. The summed E-state index contributed by atoms with van der Waals surface area (Å²) in [5.41, 5.74) is -5.02. The Balaban J connectivity index is 2.49. The zero-order valence-electron chi connectivity index (χ0n) is 12.4. The summed E-state index contributed by atoms with van der Waals surface area (Å²) < 4.78 is 80.5. The zero-order chi connectivity index (χ0) is 18.7. The van der Waals surface area contributed by atoms with Gasteiger partial charge in [0.25, 0.3) is 11.7 Å². The molecule has 2 aromatic rings. The predicted molar refractivity (Wildman–Crippen MR) is 75.4 cm³/mol. The van der Waals surface area contributed by atoms with E-state index in [1.807, 2.05) is 0 Å². The van der Waals surface area contributed by atoms with Gasteiger partial charge in [-0.05, 0) is 18.2 Å². The monoisotopic (exact) mass is 364 g/mol. The second-order valence-corrected chi connectivity index (χ2v) is 4.97. The lowest BCUT2D eigenvalue weighted by Gasteiger charge is -2.34. The summed E-state index contributed by atoms with van der Waals surface area (Å²) in [5, 5.41) is 2.39. The minimum absolute atomic E-state index is 0.348. The summed E-state index contributed by atoms with van der Waals surface area (Å²) in [7, 11) is 0. The van der Waals surface area contributed by atoms with Crippen molar-refractivity contribution in [2.45, 2.75) is 18.0 Å². The molecule has 1 heterocycles. The molecule has 0 radical (unpaired) electrons. The van der Waals surface area contributed by atoms with E-state index in [0.29, 0.717) is 0 Å². The van der Waals surface area contributed by atoms with Crippen LogP contribution in [0.3, 0.4) is 0 Å². The van der Waals surface area contributed by atoms with E-state index in [2.05, 4.69) is 4.98 Å². The van der Waals surface area contributed by atoms with E-state index in [4.69, 9.17) is 0 Å². The zero-order valence-corrected chi connectivity index (χ0v) is 12.4. The fourth-order valence-electron chi connectivity index (χ4n) is 1.98. The number of hydrogen-bond donors (Lipinski definition) is 2. The molecule has 0 atom stereocenters. The average Bonchev–Trinajstić information content (AvgIpc) is 2.54. The number of amides is 1. The third kappa shape index (κ3) is 3.83. The molecule has 1 amide bonds. The van der Waals surface area contributed by atoms with Crippen LogP contribution in [0.2, 0.25) is 0 Å². The van der Waals surface area contributed by atoms with E-state index in [9.17, 15) is 31.1 Å². The Hall–Kier alpha value is -2.78. The van der Waals surface area contributed by atoms with Gasteiger partial charge in [-0.25, -0.2) is 10.3 Å². The molecule has 25 heavy (non-hydrogen) atoms. The Morgan fingerprint density at radius 2 is 1.40 bits per heavy atom. The number of benzene rings is 1. The van der Waals surface area contributed by atoms with Crippen molar-refractivity contribution in [3.8, 4) is 0 Å². The lowest BCUT2D eigenvalue weighted by molar-refractivity contribution is -0.367. The van der Waals surface area contributed by atoms with Gasteiger partial charge in [0.1, 0.15) is 0 Å². The molecule has 0 unspecified atom stereocenters. The largest absolute Gasteiger partial charge is 0.462 e. The van der Waals surface area contributed by atoms with E-state index in [0.717, 1.165) is 29.7 Å². The fourth-order valence-corrected chi connectivity index (χ4v) is 1.98. The Kier molecular flexibility index (Phi) is 4.91. The number of H-pyrrole nitrogens is 1. The summed E-state index contributed by atoms with van der Waals surface area (Å²) in [6.07, 6.45) is -10.6. The van der Waals surface area contributed by atoms with Gasteiger partial charge >= 0.3 is 18.0 Å². The van der Waals surface area contributed by atoms with Crippen LogP contribution in [0.5, 0.6) is 0 Å². The number of nitrogens with one attached hydrogen (secondary N) is 3. The Bertz CT molecular complexity index is 702. The molecule has 0 aliphatic heterocycles. The first-order valence-electron chi connectivity index (χ1n) is 6.83. The van der Waals surface area contributed by atoms with Gasteiger partial charge < -0.3 is 0 Å². The van der Waals surface area contributed by atoms with Crippen LogP contribution in [0.25, 0.3) is 0 Å². The first-order chi connectivity index (χ1) is 11.6. The van der Waals surface area contributed by atoms with E-state index in [1.165, 1.54) is 35.6 Å². The number of pyridine rings is 1. The van der Waals surface area contributed by atoms with Crippen molar-refractivity contribution in [2.24, 2.45) is 0 Å². The van der Waals surface area contributed by atoms with E-state index in [1.54, 1.807) is 0 Å². The Morgan fingerprint density at radius 1 is 0.840 bits per heavy atom. The van der Waals surface area contributed by atoms with Crippen LogP contribution in [0.1, 0.15) is 10.4 Å². The normalized spacial score (nSPS) is 12.6.